The highest BCUT2D eigenvalue weighted by molar-refractivity contribution is 5.83. The van der Waals surface area contributed by atoms with Crippen molar-refractivity contribution in [3.8, 4) is 0 Å². The van der Waals surface area contributed by atoms with E-state index < -0.39 is 23.7 Å². The van der Waals surface area contributed by atoms with E-state index in [4.69, 9.17) is 4.98 Å². The van der Waals surface area contributed by atoms with E-state index in [0.717, 1.165) is 53.3 Å². The van der Waals surface area contributed by atoms with Crippen LogP contribution >= 0.6 is 0 Å². The topological polar surface area (TPSA) is 76.9 Å². The zero-order valence-corrected chi connectivity index (χ0v) is 24.4. The Morgan fingerprint density at radius 2 is 1.70 bits per heavy atom. The maximum absolute atomic E-state index is 13.7. The lowest BCUT2D eigenvalue weighted by Gasteiger charge is -2.35. The summed E-state index contributed by atoms with van der Waals surface area (Å²) in [4.78, 5) is 9.25. The molecule has 0 radical (unpaired) electrons. The SMILES string of the molecule is Cc1nn(C)c2nc(N(CC3CCC3)CC3CC3)c(CN(Cc3cc(C(F)F)cc(C(F)(F)F)c3)C3=NN(C)NN3)cc12. The van der Waals surface area contributed by atoms with Gasteiger partial charge >= 0.3 is 6.18 Å². The Labute approximate surface area is 246 Å². The second-order valence-corrected chi connectivity index (χ2v) is 12.0. The molecule has 0 atom stereocenters. The molecular weight excluding hydrogens is 569 g/mol. The van der Waals surface area contributed by atoms with Gasteiger partial charge in [0.1, 0.15) is 5.82 Å². The molecule has 0 unspecified atom stereocenters. The number of aromatic nitrogens is 3. The molecule has 9 nitrogen and oxygen atoms in total. The molecule has 2 fully saturated rings. The summed E-state index contributed by atoms with van der Waals surface area (Å²) in [6, 6.07) is 4.62. The Morgan fingerprint density at radius 3 is 2.28 bits per heavy atom. The number of nitrogens with zero attached hydrogens (tertiary/aromatic N) is 7. The van der Waals surface area contributed by atoms with Gasteiger partial charge in [0.05, 0.1) is 11.3 Å². The number of hydrazone groups is 1. The van der Waals surface area contributed by atoms with Crippen LogP contribution in [0.25, 0.3) is 11.0 Å². The Balaban J connectivity index is 1.42. The van der Waals surface area contributed by atoms with Gasteiger partial charge < -0.3 is 9.80 Å². The van der Waals surface area contributed by atoms with E-state index >= 15 is 0 Å². The Kier molecular flexibility index (Phi) is 7.82. The minimum Gasteiger partial charge on any atom is -0.356 e. The van der Waals surface area contributed by atoms with Gasteiger partial charge in [-0.3, -0.25) is 10.1 Å². The lowest BCUT2D eigenvalue weighted by atomic mass is 9.85. The summed E-state index contributed by atoms with van der Waals surface area (Å²) >= 11 is 0. The highest BCUT2D eigenvalue weighted by atomic mass is 19.4. The zero-order chi connectivity index (χ0) is 30.5. The van der Waals surface area contributed by atoms with Crippen LogP contribution in [-0.4, -0.2) is 50.9 Å². The van der Waals surface area contributed by atoms with Crippen molar-refractivity contribution in [1.29, 1.82) is 0 Å². The molecule has 0 amide bonds. The van der Waals surface area contributed by atoms with Crippen LogP contribution in [0.4, 0.5) is 27.8 Å². The number of benzene rings is 1. The summed E-state index contributed by atoms with van der Waals surface area (Å²) in [6.07, 6.45) is -1.88. The van der Waals surface area contributed by atoms with Crippen LogP contribution in [-0.2, 0) is 26.3 Å². The van der Waals surface area contributed by atoms with Crippen LogP contribution in [0.2, 0.25) is 0 Å². The minimum absolute atomic E-state index is 0.0975. The summed E-state index contributed by atoms with van der Waals surface area (Å²) < 4.78 is 70.2. The standard InChI is InChI=1S/C29H36F5N9/c1-17-24-12-22(26(35-27(24)40(2)37-17)42(14-19-7-8-19)13-18-5-4-6-18)16-43(28-36-39-41(3)38-28)15-20-9-21(25(30)31)11-23(10-20)29(32,33)34/h9-12,18-19,25,39H,4-8,13-16H2,1-3H3,(H,36,38). The lowest BCUT2D eigenvalue weighted by Crippen LogP contribution is -2.44. The zero-order valence-electron chi connectivity index (χ0n) is 24.4. The smallest absolute Gasteiger partial charge is 0.356 e. The molecule has 3 aromatic rings. The molecule has 2 saturated carbocycles. The number of hydrogen-bond acceptors (Lipinski definition) is 8. The summed E-state index contributed by atoms with van der Waals surface area (Å²) in [5, 5.41) is 11.3. The summed E-state index contributed by atoms with van der Waals surface area (Å²) in [7, 11) is 3.54. The number of pyridine rings is 1. The second-order valence-electron chi connectivity index (χ2n) is 12.0. The molecule has 6 rings (SSSR count). The largest absolute Gasteiger partial charge is 0.416 e. The summed E-state index contributed by atoms with van der Waals surface area (Å²) in [5.74, 6) is 2.35. The fourth-order valence-electron chi connectivity index (χ4n) is 5.81. The van der Waals surface area contributed by atoms with Crippen LogP contribution in [0.5, 0.6) is 0 Å². The normalized spacial score (nSPS) is 17.4. The number of guanidine groups is 1. The number of anilines is 1. The van der Waals surface area contributed by atoms with Crippen molar-refractivity contribution in [2.24, 2.45) is 24.0 Å². The molecule has 1 aromatic carbocycles. The van der Waals surface area contributed by atoms with Crippen molar-refractivity contribution < 1.29 is 22.0 Å². The third kappa shape index (κ3) is 6.48. The number of fused-ring (bicyclic) bond motifs is 1. The average Bonchev–Trinajstić information content (AvgIpc) is 3.57. The molecule has 0 spiro atoms. The Hall–Kier alpha value is -3.68. The first kappa shape index (κ1) is 29.4. The van der Waals surface area contributed by atoms with Gasteiger partial charge in [-0.25, -0.2) is 18.9 Å². The molecule has 0 saturated heterocycles. The van der Waals surface area contributed by atoms with Gasteiger partial charge in [-0.2, -0.15) is 18.3 Å². The van der Waals surface area contributed by atoms with Gasteiger partial charge in [-0.05, 0) is 74.3 Å². The molecule has 2 aliphatic carbocycles. The number of alkyl halides is 5. The van der Waals surface area contributed by atoms with E-state index in [-0.39, 0.29) is 18.7 Å². The lowest BCUT2D eigenvalue weighted by molar-refractivity contribution is -0.137. The molecule has 14 heteroatoms. The van der Waals surface area contributed by atoms with Crippen molar-refractivity contribution in [2.75, 3.05) is 25.0 Å². The maximum atomic E-state index is 13.7. The predicted octanol–water partition coefficient (Wildman–Crippen LogP) is 5.48. The fourth-order valence-corrected chi connectivity index (χ4v) is 5.81. The van der Waals surface area contributed by atoms with Crippen LogP contribution in [0.15, 0.2) is 29.4 Å². The van der Waals surface area contributed by atoms with Crippen molar-refractivity contribution in [3.05, 3.63) is 52.2 Å². The minimum atomic E-state index is -4.76. The fraction of sp³-hybridized carbons (Fsp3) is 0.552. The summed E-state index contributed by atoms with van der Waals surface area (Å²) in [6.45, 7) is 3.80. The molecule has 2 N–H and O–H groups in total. The first-order chi connectivity index (χ1) is 20.4. The third-order valence-electron chi connectivity index (χ3n) is 8.44. The van der Waals surface area contributed by atoms with Gasteiger partial charge in [-0.15, -0.1) is 10.6 Å². The number of hydrogen-bond donors (Lipinski definition) is 2. The predicted molar refractivity (Wildman–Crippen MR) is 153 cm³/mol. The summed E-state index contributed by atoms with van der Waals surface area (Å²) in [5.41, 5.74) is 6.55. The highest BCUT2D eigenvalue weighted by Crippen LogP contribution is 2.37. The average molecular weight is 606 g/mol. The van der Waals surface area contributed by atoms with E-state index in [9.17, 15) is 22.0 Å². The van der Waals surface area contributed by atoms with Gasteiger partial charge in [0.25, 0.3) is 6.43 Å². The molecule has 2 aromatic heterocycles. The molecule has 3 heterocycles. The van der Waals surface area contributed by atoms with Crippen LogP contribution in [0, 0.1) is 18.8 Å². The molecule has 232 valence electrons. The van der Waals surface area contributed by atoms with Crippen molar-refractivity contribution in [2.45, 2.75) is 64.7 Å². The molecular formula is C29H36F5N9. The number of rotatable bonds is 10. The number of hydrazine groups is 2. The molecule has 3 aliphatic rings. The Morgan fingerprint density at radius 1 is 0.977 bits per heavy atom. The van der Waals surface area contributed by atoms with Gasteiger partial charge in [-0.1, -0.05) is 6.42 Å². The van der Waals surface area contributed by atoms with Crippen molar-refractivity contribution in [1.82, 2.24) is 35.7 Å². The van der Waals surface area contributed by atoms with Crippen molar-refractivity contribution in [3.63, 3.8) is 0 Å². The number of aryl methyl sites for hydroxylation is 2. The van der Waals surface area contributed by atoms with E-state index in [1.54, 1.807) is 16.6 Å². The van der Waals surface area contributed by atoms with Gasteiger partial charge in [0, 0.05) is 56.8 Å². The monoisotopic (exact) mass is 605 g/mol. The first-order valence-corrected chi connectivity index (χ1v) is 14.6. The molecule has 43 heavy (non-hydrogen) atoms. The van der Waals surface area contributed by atoms with E-state index in [1.807, 2.05) is 14.0 Å². The Bertz CT molecular complexity index is 1510. The molecule has 1 aliphatic heterocycles. The van der Waals surface area contributed by atoms with E-state index in [2.05, 4.69) is 32.1 Å². The van der Waals surface area contributed by atoms with Gasteiger partial charge in [0.2, 0.25) is 5.96 Å². The molecule has 0 bridgehead atoms. The van der Waals surface area contributed by atoms with Crippen LogP contribution in [0.1, 0.15) is 66.5 Å². The van der Waals surface area contributed by atoms with Gasteiger partial charge in [0.15, 0.2) is 5.65 Å². The number of halogens is 5. The number of nitrogens with one attached hydrogen (secondary N) is 2. The third-order valence-corrected chi connectivity index (χ3v) is 8.44. The van der Waals surface area contributed by atoms with Crippen molar-refractivity contribution >= 4 is 22.8 Å². The second kappa shape index (κ2) is 11.4. The van der Waals surface area contributed by atoms with E-state index in [0.29, 0.717) is 23.9 Å². The maximum Gasteiger partial charge on any atom is 0.416 e. The van der Waals surface area contributed by atoms with Crippen LogP contribution < -0.4 is 15.9 Å². The quantitative estimate of drug-likeness (QED) is 0.297. The highest BCUT2D eigenvalue weighted by Gasteiger charge is 2.33. The van der Waals surface area contributed by atoms with E-state index in [1.165, 1.54) is 37.2 Å². The van der Waals surface area contributed by atoms with Crippen LogP contribution in [0.3, 0.4) is 0 Å². The first-order valence-electron chi connectivity index (χ1n) is 14.6.